The van der Waals surface area contributed by atoms with Gasteiger partial charge in [-0.3, -0.25) is 0 Å². The summed E-state index contributed by atoms with van der Waals surface area (Å²) in [4.78, 5) is 2.18. The van der Waals surface area contributed by atoms with Gasteiger partial charge in [0.2, 0.25) is 0 Å². The summed E-state index contributed by atoms with van der Waals surface area (Å²) in [6, 6.07) is 0.200. The summed E-state index contributed by atoms with van der Waals surface area (Å²) in [5, 5.41) is -0.275. The van der Waals surface area contributed by atoms with E-state index in [1.807, 2.05) is 0 Å². The Balaban J connectivity index is 2.44. The molecular formula is C11H24N2O2S. The van der Waals surface area contributed by atoms with Gasteiger partial charge < -0.3 is 10.6 Å². The van der Waals surface area contributed by atoms with Crippen molar-refractivity contribution in [3.8, 4) is 0 Å². The molecule has 1 aliphatic rings. The van der Waals surface area contributed by atoms with Crippen molar-refractivity contribution in [3.05, 3.63) is 0 Å². The highest BCUT2D eigenvalue weighted by Crippen LogP contribution is 2.15. The number of nitrogens with two attached hydrogens (primary N) is 1. The van der Waals surface area contributed by atoms with Crippen molar-refractivity contribution >= 4 is 9.84 Å². The maximum absolute atomic E-state index is 11.7. The molecule has 1 rings (SSSR count). The van der Waals surface area contributed by atoms with Crippen molar-refractivity contribution in [1.82, 2.24) is 4.90 Å². The number of rotatable bonds is 4. The smallest absolute Gasteiger partial charge is 0.153 e. The van der Waals surface area contributed by atoms with E-state index >= 15 is 0 Å². The molecule has 1 heterocycles. The first-order valence-electron chi connectivity index (χ1n) is 6.00. The number of hydrogen-bond acceptors (Lipinski definition) is 4. The van der Waals surface area contributed by atoms with Crippen LogP contribution in [0.15, 0.2) is 0 Å². The molecule has 0 spiro atoms. The maximum Gasteiger partial charge on any atom is 0.153 e. The van der Waals surface area contributed by atoms with Crippen LogP contribution >= 0.6 is 0 Å². The first-order chi connectivity index (χ1) is 7.31. The Kier molecular flexibility index (Phi) is 4.76. The molecule has 2 atom stereocenters. The van der Waals surface area contributed by atoms with E-state index in [4.69, 9.17) is 5.73 Å². The van der Waals surface area contributed by atoms with E-state index < -0.39 is 9.84 Å². The Morgan fingerprint density at radius 3 is 2.50 bits per heavy atom. The van der Waals surface area contributed by atoms with Crippen LogP contribution in [0.2, 0.25) is 0 Å². The van der Waals surface area contributed by atoms with E-state index in [-0.39, 0.29) is 17.0 Å². The number of piperidine rings is 1. The van der Waals surface area contributed by atoms with Gasteiger partial charge in [0.05, 0.1) is 11.0 Å². The largest absolute Gasteiger partial charge is 0.327 e. The van der Waals surface area contributed by atoms with Crippen LogP contribution in [-0.4, -0.2) is 50.0 Å². The minimum atomic E-state index is -2.92. The van der Waals surface area contributed by atoms with Crippen LogP contribution < -0.4 is 5.73 Å². The lowest BCUT2D eigenvalue weighted by atomic mass is 9.97. The summed E-state index contributed by atoms with van der Waals surface area (Å²) in [6.07, 6.45) is 1.05. The second-order valence-corrected chi connectivity index (χ2v) is 7.95. The molecule has 1 saturated heterocycles. The van der Waals surface area contributed by atoms with E-state index in [0.29, 0.717) is 12.5 Å². The number of likely N-dealkylation sites (tertiary alicyclic amines) is 1. The minimum absolute atomic E-state index is 0.200. The van der Waals surface area contributed by atoms with Gasteiger partial charge in [-0.05, 0) is 26.2 Å². The van der Waals surface area contributed by atoms with Gasteiger partial charge in [0.1, 0.15) is 0 Å². The standard InChI is InChI=1S/C11H24N2O2S/c1-9(2)16(14,15)5-4-13-7-10(3)6-11(12)8-13/h9-11H,4-8,12H2,1-3H3. The predicted molar refractivity (Wildman–Crippen MR) is 67.1 cm³/mol. The summed E-state index contributed by atoms with van der Waals surface area (Å²) in [7, 11) is -2.92. The highest BCUT2D eigenvalue weighted by atomic mass is 32.2. The van der Waals surface area contributed by atoms with Crippen LogP contribution in [0, 0.1) is 5.92 Å². The number of sulfone groups is 1. The first kappa shape index (κ1) is 13.9. The lowest BCUT2D eigenvalue weighted by molar-refractivity contribution is 0.174. The highest BCUT2D eigenvalue weighted by Gasteiger charge is 2.24. The molecule has 4 nitrogen and oxygen atoms in total. The molecule has 0 bridgehead atoms. The molecule has 2 N–H and O–H groups in total. The fraction of sp³-hybridized carbons (Fsp3) is 1.00. The summed E-state index contributed by atoms with van der Waals surface area (Å²) < 4.78 is 23.4. The van der Waals surface area contributed by atoms with Gasteiger partial charge in [0, 0.05) is 25.7 Å². The molecule has 0 amide bonds. The Labute approximate surface area is 99.1 Å². The average Bonchev–Trinajstić information content (AvgIpc) is 2.13. The van der Waals surface area contributed by atoms with Crippen molar-refractivity contribution in [1.29, 1.82) is 0 Å². The zero-order valence-electron chi connectivity index (χ0n) is 10.5. The van der Waals surface area contributed by atoms with Crippen molar-refractivity contribution in [2.75, 3.05) is 25.4 Å². The zero-order chi connectivity index (χ0) is 12.3. The van der Waals surface area contributed by atoms with Crippen LogP contribution in [0.1, 0.15) is 27.2 Å². The molecule has 0 saturated carbocycles. The van der Waals surface area contributed by atoms with Crippen LogP contribution in [-0.2, 0) is 9.84 Å². The average molecular weight is 248 g/mol. The molecule has 0 aromatic rings. The van der Waals surface area contributed by atoms with Gasteiger partial charge >= 0.3 is 0 Å². The monoisotopic (exact) mass is 248 g/mol. The second-order valence-electron chi connectivity index (χ2n) is 5.28. The predicted octanol–water partition coefficient (Wildman–Crippen LogP) is 0.479. The third kappa shape index (κ3) is 4.03. The molecule has 1 fully saturated rings. The lowest BCUT2D eigenvalue weighted by Gasteiger charge is -2.34. The molecule has 16 heavy (non-hydrogen) atoms. The van der Waals surface area contributed by atoms with Gasteiger partial charge in [-0.25, -0.2) is 8.42 Å². The normalized spacial score (nSPS) is 28.6. The van der Waals surface area contributed by atoms with E-state index in [2.05, 4.69) is 11.8 Å². The van der Waals surface area contributed by atoms with Crippen LogP contribution in [0.5, 0.6) is 0 Å². The fourth-order valence-electron chi connectivity index (χ4n) is 2.19. The molecule has 0 radical (unpaired) electrons. The van der Waals surface area contributed by atoms with Crippen LogP contribution in [0.25, 0.3) is 0 Å². The van der Waals surface area contributed by atoms with E-state index in [1.54, 1.807) is 13.8 Å². The van der Waals surface area contributed by atoms with E-state index in [0.717, 1.165) is 19.5 Å². The third-order valence-corrected chi connectivity index (χ3v) is 5.37. The van der Waals surface area contributed by atoms with Crippen molar-refractivity contribution in [2.45, 2.75) is 38.5 Å². The number of nitrogens with zero attached hydrogens (tertiary/aromatic N) is 1. The summed E-state index contributed by atoms with van der Waals surface area (Å²) in [5.41, 5.74) is 5.92. The van der Waals surface area contributed by atoms with E-state index in [9.17, 15) is 8.42 Å². The van der Waals surface area contributed by atoms with E-state index in [1.165, 1.54) is 0 Å². The first-order valence-corrected chi connectivity index (χ1v) is 7.72. The summed E-state index contributed by atoms with van der Waals surface area (Å²) in [5.74, 6) is 0.829. The zero-order valence-corrected chi connectivity index (χ0v) is 11.3. The van der Waals surface area contributed by atoms with Crippen molar-refractivity contribution in [3.63, 3.8) is 0 Å². The number of hydrogen-bond donors (Lipinski definition) is 1. The van der Waals surface area contributed by atoms with Gasteiger partial charge in [-0.15, -0.1) is 0 Å². The fourth-order valence-corrected chi connectivity index (χ4v) is 3.17. The molecule has 96 valence electrons. The molecule has 1 aliphatic heterocycles. The molecule has 0 aromatic heterocycles. The van der Waals surface area contributed by atoms with Crippen molar-refractivity contribution in [2.24, 2.45) is 11.7 Å². The van der Waals surface area contributed by atoms with Crippen LogP contribution in [0.3, 0.4) is 0 Å². The second kappa shape index (κ2) is 5.47. The van der Waals surface area contributed by atoms with Gasteiger partial charge in [-0.1, -0.05) is 6.92 Å². The minimum Gasteiger partial charge on any atom is -0.327 e. The van der Waals surface area contributed by atoms with Crippen molar-refractivity contribution < 1.29 is 8.42 Å². The topological polar surface area (TPSA) is 63.4 Å². The Morgan fingerprint density at radius 1 is 1.38 bits per heavy atom. The Hall–Kier alpha value is -0.130. The van der Waals surface area contributed by atoms with Crippen LogP contribution in [0.4, 0.5) is 0 Å². The van der Waals surface area contributed by atoms with Gasteiger partial charge in [0.15, 0.2) is 9.84 Å². The van der Waals surface area contributed by atoms with Gasteiger partial charge in [-0.2, -0.15) is 0 Å². The summed E-state index contributed by atoms with van der Waals surface area (Å²) >= 11 is 0. The highest BCUT2D eigenvalue weighted by molar-refractivity contribution is 7.92. The lowest BCUT2D eigenvalue weighted by Crippen LogP contribution is -2.47. The SMILES string of the molecule is CC1CC(N)CN(CCS(=O)(=O)C(C)C)C1. The maximum atomic E-state index is 11.7. The van der Waals surface area contributed by atoms with Gasteiger partial charge in [0.25, 0.3) is 0 Å². The summed E-state index contributed by atoms with van der Waals surface area (Å²) in [6.45, 7) is 8.07. The molecule has 0 aliphatic carbocycles. The Morgan fingerprint density at radius 2 is 2.00 bits per heavy atom. The third-order valence-electron chi connectivity index (χ3n) is 3.18. The quantitative estimate of drug-likeness (QED) is 0.786. The molecular weight excluding hydrogens is 224 g/mol. The molecule has 2 unspecified atom stereocenters. The molecule has 0 aromatic carbocycles. The molecule has 5 heteroatoms. The Bertz CT molecular complexity index is 304.